The van der Waals surface area contributed by atoms with E-state index in [2.05, 4.69) is 46.8 Å². The molecule has 0 saturated heterocycles. The van der Waals surface area contributed by atoms with Gasteiger partial charge in [0.25, 0.3) is 0 Å². The molecule has 0 aromatic carbocycles. The van der Waals surface area contributed by atoms with Crippen molar-refractivity contribution >= 4 is 0 Å². The number of aliphatic hydroxyl groups excluding tert-OH is 1. The normalized spacial score (nSPS) is 48.3. The van der Waals surface area contributed by atoms with Gasteiger partial charge in [0.05, 0.1) is 11.7 Å². The van der Waals surface area contributed by atoms with Crippen molar-refractivity contribution in [2.24, 2.45) is 39.9 Å². The van der Waals surface area contributed by atoms with Crippen molar-refractivity contribution in [1.29, 1.82) is 0 Å². The highest BCUT2D eigenvalue weighted by molar-refractivity contribution is 5.37. The number of fused-ring (bicyclic) bond motifs is 6. The molecule has 5 rings (SSSR count). The van der Waals surface area contributed by atoms with Crippen LogP contribution in [-0.4, -0.2) is 21.9 Å². The Balaban J connectivity index is 1.41. The molecule has 4 fully saturated rings. The summed E-state index contributed by atoms with van der Waals surface area (Å²) in [5, 5.41) is 22.9. The van der Waals surface area contributed by atoms with Crippen molar-refractivity contribution < 1.29 is 10.2 Å². The van der Waals surface area contributed by atoms with Crippen LogP contribution in [0.5, 0.6) is 0 Å². The monoisotopic (exact) mass is 426 g/mol. The van der Waals surface area contributed by atoms with Crippen molar-refractivity contribution in [3.63, 3.8) is 0 Å². The van der Waals surface area contributed by atoms with E-state index in [9.17, 15) is 10.2 Å². The van der Waals surface area contributed by atoms with Gasteiger partial charge in [0.1, 0.15) is 0 Å². The van der Waals surface area contributed by atoms with E-state index in [0.717, 1.165) is 43.9 Å². The molecule has 2 heteroatoms. The molecule has 0 aromatic rings. The maximum Gasteiger partial charge on any atom is 0.0729 e. The molecule has 4 saturated carbocycles. The van der Waals surface area contributed by atoms with Crippen LogP contribution in [0.1, 0.15) is 105 Å². The number of hydrogen-bond acceptors (Lipinski definition) is 2. The van der Waals surface area contributed by atoms with Crippen molar-refractivity contribution in [3.05, 3.63) is 23.3 Å². The van der Waals surface area contributed by atoms with Crippen LogP contribution < -0.4 is 0 Å². The molecule has 0 unspecified atom stereocenters. The van der Waals surface area contributed by atoms with Crippen LogP contribution in [0.2, 0.25) is 0 Å². The summed E-state index contributed by atoms with van der Waals surface area (Å²) < 4.78 is 0. The Morgan fingerprint density at radius 3 is 2.45 bits per heavy atom. The fourth-order valence-electron chi connectivity index (χ4n) is 9.54. The molecule has 0 amide bonds. The number of rotatable bonds is 4. The summed E-state index contributed by atoms with van der Waals surface area (Å²) in [7, 11) is 0. The first-order valence-electron chi connectivity index (χ1n) is 13.3. The molecule has 8 atom stereocenters. The summed E-state index contributed by atoms with van der Waals surface area (Å²) in [5.41, 5.74) is 3.02. The Morgan fingerprint density at radius 2 is 1.77 bits per heavy atom. The van der Waals surface area contributed by atoms with Crippen LogP contribution in [0.4, 0.5) is 0 Å². The topological polar surface area (TPSA) is 40.5 Å². The van der Waals surface area contributed by atoms with Crippen molar-refractivity contribution in [2.75, 3.05) is 0 Å². The van der Waals surface area contributed by atoms with Crippen LogP contribution >= 0.6 is 0 Å². The standard InChI is InChI=1S/C29H46O2/c1-19(2)7-6-8-20(3)29(31)16-12-23-21-9-10-24-26(4,22(21)11-15-27(23,29)5)14-13-25(30)28(24)17-18-28/h7,10,20-23,25,30-31H,6,8-9,11-18H2,1-5H3/t20-,21-,22+,23+,25-,26-,27+,29+/m1/s1. The average molecular weight is 427 g/mol. The van der Waals surface area contributed by atoms with E-state index < -0.39 is 5.60 Å². The molecule has 2 nitrogen and oxygen atoms in total. The molecular formula is C29H46O2. The Morgan fingerprint density at radius 1 is 1.06 bits per heavy atom. The highest BCUT2D eigenvalue weighted by Crippen LogP contribution is 2.73. The molecule has 5 aliphatic carbocycles. The quantitative estimate of drug-likeness (QED) is 0.485. The largest absolute Gasteiger partial charge is 0.392 e. The number of aliphatic hydroxyl groups is 2. The minimum Gasteiger partial charge on any atom is -0.392 e. The van der Waals surface area contributed by atoms with Crippen LogP contribution in [-0.2, 0) is 0 Å². The summed E-state index contributed by atoms with van der Waals surface area (Å²) in [6, 6.07) is 0. The second-order valence-electron chi connectivity index (χ2n) is 13.0. The molecule has 0 aromatic heterocycles. The zero-order valence-electron chi connectivity index (χ0n) is 20.7. The minimum atomic E-state index is -0.510. The van der Waals surface area contributed by atoms with E-state index in [-0.39, 0.29) is 22.3 Å². The van der Waals surface area contributed by atoms with Crippen molar-refractivity contribution in [1.82, 2.24) is 0 Å². The van der Waals surface area contributed by atoms with Crippen molar-refractivity contribution in [2.45, 2.75) is 117 Å². The van der Waals surface area contributed by atoms with Crippen LogP contribution in [0.3, 0.4) is 0 Å². The summed E-state index contributed by atoms with van der Waals surface area (Å²) in [6.07, 6.45) is 17.4. The zero-order chi connectivity index (χ0) is 22.2. The van der Waals surface area contributed by atoms with Gasteiger partial charge in [-0.1, -0.05) is 44.1 Å². The van der Waals surface area contributed by atoms with Gasteiger partial charge < -0.3 is 10.2 Å². The zero-order valence-corrected chi connectivity index (χ0v) is 20.7. The smallest absolute Gasteiger partial charge is 0.0729 e. The molecule has 5 aliphatic rings. The molecular weight excluding hydrogens is 380 g/mol. The third-order valence-electron chi connectivity index (χ3n) is 11.5. The first-order valence-corrected chi connectivity index (χ1v) is 13.3. The van der Waals surface area contributed by atoms with Gasteiger partial charge in [-0.2, -0.15) is 0 Å². The van der Waals surface area contributed by atoms with Crippen LogP contribution in [0, 0.1) is 39.9 Å². The van der Waals surface area contributed by atoms with Gasteiger partial charge >= 0.3 is 0 Å². The van der Waals surface area contributed by atoms with E-state index in [1.54, 1.807) is 5.57 Å². The summed E-state index contributed by atoms with van der Waals surface area (Å²) in [4.78, 5) is 0. The van der Waals surface area contributed by atoms with Crippen LogP contribution in [0.25, 0.3) is 0 Å². The maximum atomic E-state index is 12.1. The van der Waals surface area contributed by atoms with Gasteiger partial charge in [-0.15, -0.1) is 0 Å². The highest BCUT2D eigenvalue weighted by atomic mass is 16.3. The predicted octanol–water partition coefficient (Wildman–Crippen LogP) is 6.81. The highest BCUT2D eigenvalue weighted by Gasteiger charge is 2.67. The summed E-state index contributed by atoms with van der Waals surface area (Å²) >= 11 is 0. The molecule has 0 radical (unpaired) electrons. The predicted molar refractivity (Wildman–Crippen MR) is 128 cm³/mol. The number of allylic oxidation sites excluding steroid dienone is 3. The third kappa shape index (κ3) is 2.96. The Bertz CT molecular complexity index is 787. The lowest BCUT2D eigenvalue weighted by Crippen LogP contribution is -2.57. The van der Waals surface area contributed by atoms with Crippen LogP contribution in [0.15, 0.2) is 23.3 Å². The molecule has 31 heavy (non-hydrogen) atoms. The molecule has 1 spiro atoms. The van der Waals surface area contributed by atoms with Gasteiger partial charge in [0, 0.05) is 5.41 Å². The second kappa shape index (κ2) is 7.20. The lowest BCUT2D eigenvalue weighted by Gasteiger charge is -2.61. The Kier molecular flexibility index (Phi) is 5.16. The van der Waals surface area contributed by atoms with Gasteiger partial charge in [0.15, 0.2) is 0 Å². The average Bonchev–Trinajstić information content (AvgIpc) is 3.45. The third-order valence-corrected chi connectivity index (χ3v) is 11.5. The maximum absolute atomic E-state index is 12.1. The summed E-state index contributed by atoms with van der Waals surface area (Å²) in [6.45, 7) is 11.7. The lowest BCUT2D eigenvalue weighted by molar-refractivity contribution is -0.151. The molecule has 0 heterocycles. The molecule has 0 aliphatic heterocycles. The van der Waals surface area contributed by atoms with Gasteiger partial charge in [-0.3, -0.25) is 0 Å². The minimum absolute atomic E-state index is 0.0612. The van der Waals surface area contributed by atoms with E-state index in [1.165, 1.54) is 44.1 Å². The Hall–Kier alpha value is -0.600. The van der Waals surface area contributed by atoms with E-state index in [0.29, 0.717) is 11.8 Å². The fourth-order valence-corrected chi connectivity index (χ4v) is 9.54. The Labute approximate surface area is 190 Å². The first kappa shape index (κ1) is 22.2. The van der Waals surface area contributed by atoms with E-state index in [1.807, 2.05) is 0 Å². The fraction of sp³-hybridized carbons (Fsp3) is 0.862. The van der Waals surface area contributed by atoms with Gasteiger partial charge in [0.2, 0.25) is 0 Å². The first-order chi connectivity index (χ1) is 14.6. The van der Waals surface area contributed by atoms with Gasteiger partial charge in [-0.25, -0.2) is 0 Å². The van der Waals surface area contributed by atoms with Crippen molar-refractivity contribution in [3.8, 4) is 0 Å². The number of hydrogen-bond donors (Lipinski definition) is 2. The molecule has 2 N–H and O–H groups in total. The van der Waals surface area contributed by atoms with E-state index >= 15 is 0 Å². The van der Waals surface area contributed by atoms with Gasteiger partial charge in [-0.05, 0) is 119 Å². The molecule has 0 bridgehead atoms. The second-order valence-corrected chi connectivity index (χ2v) is 13.0. The SMILES string of the molecule is CC(C)=CCC[C@@H](C)[C@@]1(O)CC[C@H]2[C@@H]3CC=C4C5(CC5)[C@H](O)CC[C@]4(C)[C@H]3CC[C@@]21C. The summed E-state index contributed by atoms with van der Waals surface area (Å²) in [5.74, 6) is 2.48. The van der Waals surface area contributed by atoms with E-state index in [4.69, 9.17) is 0 Å². The molecule has 174 valence electrons. The lowest BCUT2D eigenvalue weighted by atomic mass is 9.45.